The van der Waals surface area contributed by atoms with Crippen molar-refractivity contribution in [3.05, 3.63) is 69.5 Å². The Morgan fingerprint density at radius 1 is 1.15 bits per heavy atom. The van der Waals surface area contributed by atoms with Crippen molar-refractivity contribution in [2.45, 2.75) is 20.3 Å². The van der Waals surface area contributed by atoms with Crippen LogP contribution in [0.1, 0.15) is 27.2 Å². The maximum absolute atomic E-state index is 13.7. The van der Waals surface area contributed by atoms with E-state index in [2.05, 4.69) is 10.3 Å². The molecule has 1 heterocycles. The van der Waals surface area contributed by atoms with Crippen LogP contribution in [0.4, 0.5) is 14.5 Å². The first-order chi connectivity index (χ1) is 12.5. The van der Waals surface area contributed by atoms with Gasteiger partial charge in [0.1, 0.15) is 22.9 Å². The molecule has 0 bridgehead atoms. The van der Waals surface area contributed by atoms with Gasteiger partial charge in [-0.2, -0.15) is 0 Å². The van der Waals surface area contributed by atoms with Crippen molar-refractivity contribution in [2.75, 3.05) is 5.32 Å². The minimum absolute atomic E-state index is 0.398. The van der Waals surface area contributed by atoms with Gasteiger partial charge >= 0.3 is 0 Å². The average molecular weight is 374 g/mol. The molecule has 2 aromatic carbocycles. The van der Waals surface area contributed by atoms with Crippen LogP contribution >= 0.6 is 11.3 Å². The van der Waals surface area contributed by atoms with Crippen molar-refractivity contribution in [1.29, 1.82) is 0 Å². The molecule has 3 aromatic rings. The molecule has 1 N–H and O–H groups in total. The second-order valence-electron chi connectivity index (χ2n) is 5.49. The zero-order chi connectivity index (χ0) is 18.7. The summed E-state index contributed by atoms with van der Waals surface area (Å²) in [6.45, 7) is 3.94. The van der Waals surface area contributed by atoms with Gasteiger partial charge < -0.3 is 10.1 Å². The fraction of sp³-hybridized carbons (Fsp3) is 0.158. The van der Waals surface area contributed by atoms with Gasteiger partial charge in [-0.15, -0.1) is 11.3 Å². The van der Waals surface area contributed by atoms with E-state index in [9.17, 15) is 13.6 Å². The number of nitrogens with one attached hydrogen (secondary N) is 1. The van der Waals surface area contributed by atoms with E-state index in [1.807, 2.05) is 13.8 Å². The molecule has 1 aromatic heterocycles. The standard InChI is InChI=1S/C19H16F2N2O2S/c1-3-16-19(22-11(2)26-16)25-13-9-7-12(8-10-13)23-18(24)17-14(20)5-4-6-15(17)21/h4-10H,3H2,1-2H3,(H,23,24). The number of thiazole rings is 1. The molecule has 4 nitrogen and oxygen atoms in total. The Morgan fingerprint density at radius 3 is 2.42 bits per heavy atom. The van der Waals surface area contributed by atoms with Crippen LogP contribution < -0.4 is 10.1 Å². The molecule has 0 spiro atoms. The average Bonchev–Trinajstić information content (AvgIpc) is 2.96. The zero-order valence-electron chi connectivity index (χ0n) is 14.2. The topological polar surface area (TPSA) is 51.2 Å². The van der Waals surface area contributed by atoms with Crippen LogP contribution in [0.3, 0.4) is 0 Å². The van der Waals surface area contributed by atoms with Crippen LogP contribution in [-0.2, 0) is 6.42 Å². The van der Waals surface area contributed by atoms with Crippen molar-refractivity contribution in [2.24, 2.45) is 0 Å². The lowest BCUT2D eigenvalue weighted by Gasteiger charge is -2.08. The molecule has 0 aliphatic carbocycles. The Labute approximate surface area is 153 Å². The van der Waals surface area contributed by atoms with Crippen molar-refractivity contribution >= 4 is 22.9 Å². The van der Waals surface area contributed by atoms with Gasteiger partial charge in [-0.1, -0.05) is 13.0 Å². The van der Waals surface area contributed by atoms with Crippen molar-refractivity contribution in [3.63, 3.8) is 0 Å². The fourth-order valence-corrected chi connectivity index (χ4v) is 3.18. The molecule has 3 rings (SSSR count). The Kier molecular flexibility index (Phi) is 5.27. The van der Waals surface area contributed by atoms with Crippen LogP contribution in [0.2, 0.25) is 0 Å². The van der Waals surface area contributed by atoms with E-state index in [0.29, 0.717) is 17.3 Å². The number of carbonyl (C=O) groups is 1. The number of ether oxygens (including phenoxy) is 1. The molecule has 0 saturated carbocycles. The summed E-state index contributed by atoms with van der Waals surface area (Å²) in [7, 11) is 0. The number of hydrogen-bond donors (Lipinski definition) is 1. The Hall–Kier alpha value is -2.80. The van der Waals surface area contributed by atoms with E-state index in [1.165, 1.54) is 6.07 Å². The number of halogens is 2. The van der Waals surface area contributed by atoms with Gasteiger partial charge in [-0.05, 0) is 49.7 Å². The molecule has 0 aliphatic rings. The largest absolute Gasteiger partial charge is 0.438 e. The zero-order valence-corrected chi connectivity index (χ0v) is 15.0. The number of carbonyl (C=O) groups excluding carboxylic acids is 1. The molecule has 0 saturated heterocycles. The highest BCUT2D eigenvalue weighted by atomic mass is 32.1. The van der Waals surface area contributed by atoms with Gasteiger partial charge in [0.05, 0.1) is 9.88 Å². The summed E-state index contributed by atoms with van der Waals surface area (Å²) < 4.78 is 33.1. The van der Waals surface area contributed by atoms with Gasteiger partial charge in [0.25, 0.3) is 5.91 Å². The third-order valence-electron chi connectivity index (χ3n) is 3.61. The SMILES string of the molecule is CCc1sc(C)nc1Oc1ccc(NC(=O)c2c(F)cccc2F)cc1. The smallest absolute Gasteiger partial charge is 0.261 e. The normalized spacial score (nSPS) is 10.6. The second kappa shape index (κ2) is 7.61. The number of anilines is 1. The Bertz CT molecular complexity index is 919. The molecule has 1 amide bonds. The quantitative estimate of drug-likeness (QED) is 0.656. The first-order valence-electron chi connectivity index (χ1n) is 7.97. The number of rotatable bonds is 5. The molecule has 26 heavy (non-hydrogen) atoms. The highest BCUT2D eigenvalue weighted by Gasteiger charge is 2.17. The van der Waals surface area contributed by atoms with E-state index in [-0.39, 0.29) is 0 Å². The number of nitrogens with zero attached hydrogens (tertiary/aromatic N) is 1. The molecular weight excluding hydrogens is 358 g/mol. The van der Waals surface area contributed by atoms with Crippen LogP contribution in [0.25, 0.3) is 0 Å². The first kappa shape index (κ1) is 18.0. The van der Waals surface area contributed by atoms with Crippen LogP contribution in [0.5, 0.6) is 11.6 Å². The summed E-state index contributed by atoms with van der Waals surface area (Å²) in [5.41, 5.74) is -0.214. The van der Waals surface area contributed by atoms with E-state index in [1.54, 1.807) is 35.6 Å². The number of aromatic nitrogens is 1. The maximum Gasteiger partial charge on any atom is 0.261 e. The summed E-state index contributed by atoms with van der Waals surface area (Å²) >= 11 is 1.58. The lowest BCUT2D eigenvalue weighted by Crippen LogP contribution is -2.15. The predicted molar refractivity (Wildman–Crippen MR) is 97.1 cm³/mol. The van der Waals surface area contributed by atoms with Gasteiger partial charge in [-0.25, -0.2) is 13.8 Å². The first-order valence-corrected chi connectivity index (χ1v) is 8.79. The van der Waals surface area contributed by atoms with Gasteiger partial charge in [0, 0.05) is 5.69 Å². The molecule has 0 fully saturated rings. The molecule has 0 aliphatic heterocycles. The second-order valence-corrected chi connectivity index (χ2v) is 6.78. The summed E-state index contributed by atoms with van der Waals surface area (Å²) in [4.78, 5) is 17.5. The van der Waals surface area contributed by atoms with Crippen molar-refractivity contribution in [1.82, 2.24) is 4.98 Å². The third-order valence-corrected chi connectivity index (χ3v) is 4.70. The van der Waals surface area contributed by atoms with Crippen LogP contribution in [0.15, 0.2) is 42.5 Å². The number of benzene rings is 2. The molecular formula is C19H16F2N2O2S. The fourth-order valence-electron chi connectivity index (χ4n) is 2.38. The Morgan fingerprint density at radius 2 is 1.81 bits per heavy atom. The highest BCUT2D eigenvalue weighted by Crippen LogP contribution is 2.30. The lowest BCUT2D eigenvalue weighted by atomic mass is 10.2. The summed E-state index contributed by atoms with van der Waals surface area (Å²) in [5, 5.41) is 3.39. The van der Waals surface area contributed by atoms with Gasteiger partial charge in [0.15, 0.2) is 0 Å². The molecule has 134 valence electrons. The molecule has 0 atom stereocenters. The number of hydrogen-bond acceptors (Lipinski definition) is 4. The Balaban J connectivity index is 1.72. The lowest BCUT2D eigenvalue weighted by molar-refractivity contribution is 0.101. The van der Waals surface area contributed by atoms with Crippen LogP contribution in [-0.4, -0.2) is 10.9 Å². The monoisotopic (exact) mass is 374 g/mol. The minimum Gasteiger partial charge on any atom is -0.438 e. The van der Waals surface area contributed by atoms with E-state index >= 15 is 0 Å². The minimum atomic E-state index is -0.909. The van der Waals surface area contributed by atoms with E-state index < -0.39 is 23.1 Å². The number of aryl methyl sites for hydroxylation is 2. The third kappa shape index (κ3) is 3.88. The summed E-state index contributed by atoms with van der Waals surface area (Å²) in [5.74, 6) is -1.54. The molecule has 7 heteroatoms. The highest BCUT2D eigenvalue weighted by molar-refractivity contribution is 7.11. The molecule has 0 unspecified atom stereocenters. The van der Waals surface area contributed by atoms with Crippen molar-refractivity contribution < 1.29 is 18.3 Å². The van der Waals surface area contributed by atoms with Crippen LogP contribution in [0, 0.1) is 18.6 Å². The number of amides is 1. The van der Waals surface area contributed by atoms with Gasteiger partial charge in [0.2, 0.25) is 5.88 Å². The maximum atomic E-state index is 13.7. The summed E-state index contributed by atoms with van der Waals surface area (Å²) in [6, 6.07) is 9.78. The van der Waals surface area contributed by atoms with Crippen molar-refractivity contribution in [3.8, 4) is 11.6 Å². The predicted octanol–water partition coefficient (Wildman–Crippen LogP) is 5.34. The van der Waals surface area contributed by atoms with E-state index in [0.717, 1.165) is 28.4 Å². The summed E-state index contributed by atoms with van der Waals surface area (Å²) in [6.07, 6.45) is 0.823. The van der Waals surface area contributed by atoms with Gasteiger partial charge in [-0.3, -0.25) is 4.79 Å². The van der Waals surface area contributed by atoms with E-state index in [4.69, 9.17) is 4.74 Å². The molecule has 0 radical (unpaired) electrons.